The van der Waals surface area contributed by atoms with E-state index in [0.29, 0.717) is 0 Å². The first-order valence-electron chi connectivity index (χ1n) is 5.52. The topological polar surface area (TPSA) is 86.6 Å². The Kier molecular flexibility index (Phi) is 5.72. The maximum Gasteiger partial charge on any atom is 0.332 e. The number of benzene rings is 1. The molecule has 0 bridgehead atoms. The first kappa shape index (κ1) is 15.4. The van der Waals surface area contributed by atoms with Crippen LogP contribution in [0.1, 0.15) is 12.0 Å². The third kappa shape index (κ3) is 4.84. The van der Waals surface area contributed by atoms with Crippen LogP contribution in [0.5, 0.6) is 0 Å². The number of rotatable bonds is 6. The Balaban J connectivity index is 2.46. The van der Waals surface area contributed by atoms with Crippen LogP contribution < -0.4 is 5.32 Å². The van der Waals surface area contributed by atoms with E-state index >= 15 is 0 Å². The van der Waals surface area contributed by atoms with Gasteiger partial charge in [-0.1, -0.05) is 17.7 Å². The number of amides is 1. The molecule has 0 radical (unpaired) electrons. The average molecular weight is 290 g/mol. The summed E-state index contributed by atoms with van der Waals surface area (Å²) >= 11 is 5.76. The molecule has 1 aromatic carbocycles. The summed E-state index contributed by atoms with van der Waals surface area (Å²) in [7, 11) is 0. The van der Waals surface area contributed by atoms with Crippen LogP contribution in [0, 0.1) is 5.82 Å². The minimum atomic E-state index is -1.53. The lowest BCUT2D eigenvalue weighted by molar-refractivity contribution is -0.147. The fourth-order valence-corrected chi connectivity index (χ4v) is 1.63. The molecule has 3 N–H and O–H groups in total. The summed E-state index contributed by atoms with van der Waals surface area (Å²) in [5.41, 5.74) is 0.0837. The van der Waals surface area contributed by atoms with E-state index in [-0.39, 0.29) is 30.0 Å². The Bertz CT molecular complexity index is 461. The molecule has 7 heteroatoms. The monoisotopic (exact) mass is 289 g/mol. The second-order valence-corrected chi connectivity index (χ2v) is 4.28. The summed E-state index contributed by atoms with van der Waals surface area (Å²) in [6, 6.07) is 4.10. The van der Waals surface area contributed by atoms with Gasteiger partial charge in [-0.05, 0) is 12.1 Å². The van der Waals surface area contributed by atoms with Gasteiger partial charge in [0.1, 0.15) is 5.82 Å². The largest absolute Gasteiger partial charge is 0.479 e. The second-order valence-electron chi connectivity index (χ2n) is 3.87. The van der Waals surface area contributed by atoms with E-state index in [9.17, 15) is 14.0 Å². The zero-order valence-electron chi connectivity index (χ0n) is 9.90. The molecule has 0 aromatic heterocycles. The molecule has 0 saturated carbocycles. The van der Waals surface area contributed by atoms with Crippen LogP contribution >= 0.6 is 11.6 Å². The molecule has 1 rings (SSSR count). The second kappa shape index (κ2) is 7.06. The molecule has 0 fully saturated rings. The van der Waals surface area contributed by atoms with Crippen LogP contribution in [0.4, 0.5) is 4.39 Å². The molecular formula is C12H13ClFNO4. The molecule has 0 aliphatic heterocycles. The quantitative estimate of drug-likeness (QED) is 0.728. The first-order valence-corrected chi connectivity index (χ1v) is 5.90. The van der Waals surface area contributed by atoms with Gasteiger partial charge in [0.15, 0.2) is 6.10 Å². The van der Waals surface area contributed by atoms with E-state index in [1.165, 1.54) is 18.2 Å². The highest BCUT2D eigenvalue weighted by atomic mass is 35.5. The number of aliphatic hydroxyl groups excluding tert-OH is 1. The number of carboxylic acids is 1. The minimum Gasteiger partial charge on any atom is -0.479 e. The van der Waals surface area contributed by atoms with E-state index in [4.69, 9.17) is 21.8 Å². The van der Waals surface area contributed by atoms with Gasteiger partial charge in [0, 0.05) is 23.6 Å². The molecular weight excluding hydrogens is 277 g/mol. The number of hydrogen-bond donors (Lipinski definition) is 3. The van der Waals surface area contributed by atoms with Crippen molar-refractivity contribution in [3.05, 3.63) is 34.6 Å². The number of carboxylic acid groups (broad SMARTS) is 1. The van der Waals surface area contributed by atoms with Crippen molar-refractivity contribution in [3.63, 3.8) is 0 Å². The molecule has 1 amide bonds. The Morgan fingerprint density at radius 3 is 2.68 bits per heavy atom. The van der Waals surface area contributed by atoms with Gasteiger partial charge in [0.05, 0.1) is 6.42 Å². The van der Waals surface area contributed by atoms with Gasteiger partial charge >= 0.3 is 5.97 Å². The normalized spacial score (nSPS) is 11.9. The Labute approximate surface area is 114 Å². The van der Waals surface area contributed by atoms with Gasteiger partial charge in [0.25, 0.3) is 0 Å². The average Bonchev–Trinajstić information content (AvgIpc) is 2.33. The van der Waals surface area contributed by atoms with Crippen molar-refractivity contribution < 1.29 is 24.2 Å². The molecule has 0 aliphatic rings. The van der Waals surface area contributed by atoms with E-state index in [1.54, 1.807) is 0 Å². The number of aliphatic carboxylic acids is 1. The first-order chi connectivity index (χ1) is 8.91. The number of nitrogens with one attached hydrogen (secondary N) is 1. The van der Waals surface area contributed by atoms with Gasteiger partial charge in [-0.3, -0.25) is 4.79 Å². The molecule has 5 nitrogen and oxygen atoms in total. The molecule has 104 valence electrons. The van der Waals surface area contributed by atoms with Crippen molar-refractivity contribution in [2.24, 2.45) is 0 Å². The van der Waals surface area contributed by atoms with Crippen LogP contribution in [0.15, 0.2) is 18.2 Å². The molecule has 0 saturated heterocycles. The third-order valence-electron chi connectivity index (χ3n) is 2.42. The zero-order valence-corrected chi connectivity index (χ0v) is 10.7. The zero-order chi connectivity index (χ0) is 14.4. The van der Waals surface area contributed by atoms with Crippen molar-refractivity contribution in [1.29, 1.82) is 0 Å². The minimum absolute atomic E-state index is 0.0155. The van der Waals surface area contributed by atoms with Crippen molar-refractivity contribution in [3.8, 4) is 0 Å². The van der Waals surface area contributed by atoms with Crippen LogP contribution in [0.2, 0.25) is 5.02 Å². The molecule has 0 spiro atoms. The maximum atomic E-state index is 13.4. The van der Waals surface area contributed by atoms with Crippen LogP contribution in [0.3, 0.4) is 0 Å². The van der Waals surface area contributed by atoms with Crippen LogP contribution in [-0.4, -0.2) is 34.7 Å². The summed E-state index contributed by atoms with van der Waals surface area (Å²) in [4.78, 5) is 21.8. The van der Waals surface area contributed by atoms with Gasteiger partial charge in [-0.15, -0.1) is 0 Å². The molecule has 1 aromatic rings. The highest BCUT2D eigenvalue weighted by molar-refractivity contribution is 6.31. The Morgan fingerprint density at radius 2 is 2.11 bits per heavy atom. The summed E-state index contributed by atoms with van der Waals surface area (Å²) in [5.74, 6) is -2.43. The lowest BCUT2D eigenvalue weighted by Crippen LogP contribution is -2.31. The Hall–Kier alpha value is -1.66. The van der Waals surface area contributed by atoms with Gasteiger partial charge < -0.3 is 15.5 Å². The van der Waals surface area contributed by atoms with E-state index < -0.39 is 23.8 Å². The predicted octanol–water partition coefficient (Wildman–Crippen LogP) is 0.973. The number of halogens is 2. The van der Waals surface area contributed by atoms with Crippen molar-refractivity contribution in [2.45, 2.75) is 18.9 Å². The number of hydrogen-bond acceptors (Lipinski definition) is 3. The highest BCUT2D eigenvalue weighted by Gasteiger charge is 2.14. The van der Waals surface area contributed by atoms with Crippen molar-refractivity contribution in [1.82, 2.24) is 5.32 Å². The van der Waals surface area contributed by atoms with Crippen molar-refractivity contribution >= 4 is 23.5 Å². The highest BCUT2D eigenvalue weighted by Crippen LogP contribution is 2.19. The third-order valence-corrected chi connectivity index (χ3v) is 2.78. The maximum absolute atomic E-state index is 13.4. The number of aliphatic hydroxyl groups is 1. The van der Waals surface area contributed by atoms with Crippen molar-refractivity contribution in [2.75, 3.05) is 6.54 Å². The molecule has 1 unspecified atom stereocenters. The lowest BCUT2D eigenvalue weighted by Gasteiger charge is -2.08. The van der Waals surface area contributed by atoms with E-state index in [1.807, 2.05) is 0 Å². The standard InChI is InChI=1S/C12H13ClFNO4/c13-8-2-1-3-9(14)7(8)6-11(17)15-5-4-10(16)12(18)19/h1-3,10,16H,4-6H2,(H,15,17)(H,18,19). The van der Waals surface area contributed by atoms with Crippen LogP contribution in [-0.2, 0) is 16.0 Å². The molecule has 0 heterocycles. The lowest BCUT2D eigenvalue weighted by atomic mass is 10.1. The fraction of sp³-hybridized carbons (Fsp3) is 0.333. The SMILES string of the molecule is O=C(Cc1c(F)cccc1Cl)NCCC(O)C(=O)O. The number of carbonyl (C=O) groups is 2. The number of carbonyl (C=O) groups excluding carboxylic acids is 1. The summed E-state index contributed by atoms with van der Waals surface area (Å²) in [5, 5.41) is 19.9. The predicted molar refractivity (Wildman–Crippen MR) is 66.4 cm³/mol. The summed E-state index contributed by atoms with van der Waals surface area (Å²) in [6.45, 7) is -0.0155. The van der Waals surface area contributed by atoms with Gasteiger partial charge in [-0.2, -0.15) is 0 Å². The van der Waals surface area contributed by atoms with E-state index in [2.05, 4.69) is 5.32 Å². The van der Waals surface area contributed by atoms with Crippen LogP contribution in [0.25, 0.3) is 0 Å². The van der Waals surface area contributed by atoms with Gasteiger partial charge in [0.2, 0.25) is 5.91 Å². The Morgan fingerprint density at radius 1 is 1.42 bits per heavy atom. The molecule has 0 aliphatic carbocycles. The smallest absolute Gasteiger partial charge is 0.332 e. The van der Waals surface area contributed by atoms with E-state index in [0.717, 1.165) is 0 Å². The fourth-order valence-electron chi connectivity index (χ4n) is 1.40. The molecule has 1 atom stereocenters. The summed E-state index contributed by atoms with van der Waals surface area (Å²) < 4.78 is 13.4. The van der Waals surface area contributed by atoms with Gasteiger partial charge in [-0.25, -0.2) is 9.18 Å². The summed E-state index contributed by atoms with van der Waals surface area (Å²) in [6.07, 6.45) is -1.89. The molecule has 19 heavy (non-hydrogen) atoms.